The molecule has 9 heteroatoms. The molecular weight excluding hydrogens is 452 g/mol. The maximum Gasteiger partial charge on any atom is 0.309 e. The Hall–Kier alpha value is -2.42. The van der Waals surface area contributed by atoms with Crippen molar-refractivity contribution in [3.8, 4) is 0 Å². The molecule has 1 fully saturated rings. The zero-order valence-corrected chi connectivity index (χ0v) is 19.3. The first-order valence-electron chi connectivity index (χ1n) is 10.6. The molecule has 2 aliphatic rings. The Balaban J connectivity index is 1.33. The smallest absolute Gasteiger partial charge is 0.309 e. The van der Waals surface area contributed by atoms with Crippen molar-refractivity contribution in [1.29, 1.82) is 0 Å². The summed E-state index contributed by atoms with van der Waals surface area (Å²) in [5.41, 5.74) is 1.97. The maximum atomic E-state index is 12.8. The van der Waals surface area contributed by atoms with Gasteiger partial charge in [0.25, 0.3) is 5.91 Å². The second-order valence-corrected chi connectivity index (χ2v) is 10.5. The zero-order valence-electron chi connectivity index (χ0n) is 17.7. The molecule has 170 valence electrons. The molecule has 0 aromatic heterocycles. The number of halogens is 1. The molecule has 1 saturated heterocycles. The van der Waals surface area contributed by atoms with Crippen molar-refractivity contribution in [2.75, 3.05) is 24.5 Å². The number of benzene rings is 2. The van der Waals surface area contributed by atoms with E-state index in [1.165, 1.54) is 28.6 Å². The molecule has 0 saturated carbocycles. The number of esters is 1. The average molecular weight is 477 g/mol. The number of hydrogen-bond acceptors (Lipinski definition) is 5. The quantitative estimate of drug-likeness (QED) is 0.618. The molecule has 1 atom stereocenters. The van der Waals surface area contributed by atoms with E-state index in [9.17, 15) is 18.0 Å². The van der Waals surface area contributed by atoms with Gasteiger partial charge in [-0.25, -0.2) is 8.42 Å². The number of sulfonamides is 1. The predicted molar refractivity (Wildman–Crippen MR) is 121 cm³/mol. The Morgan fingerprint density at radius 2 is 1.69 bits per heavy atom. The molecule has 2 aliphatic heterocycles. The number of nitrogens with zero attached hydrogens (tertiary/aromatic N) is 2. The van der Waals surface area contributed by atoms with Gasteiger partial charge in [-0.3, -0.25) is 9.59 Å². The number of anilines is 1. The van der Waals surface area contributed by atoms with Gasteiger partial charge in [-0.1, -0.05) is 29.8 Å². The number of hydrogen-bond donors (Lipinski definition) is 0. The van der Waals surface area contributed by atoms with Crippen LogP contribution in [-0.4, -0.2) is 50.3 Å². The van der Waals surface area contributed by atoms with Crippen LogP contribution in [0.25, 0.3) is 0 Å². The van der Waals surface area contributed by atoms with Gasteiger partial charge in [0, 0.05) is 30.3 Å². The number of fused-ring (bicyclic) bond motifs is 1. The molecule has 0 radical (unpaired) electrons. The predicted octanol–water partition coefficient (Wildman–Crippen LogP) is 3.26. The van der Waals surface area contributed by atoms with Crippen molar-refractivity contribution >= 4 is 39.2 Å². The standard InChI is InChI=1S/C23H25ClN2O5S/c1-16(22(27)26-15-12-17-4-2-3-5-21(17)26)31-23(28)18-10-13-25(14-11-18)32(29,30)20-8-6-19(24)7-9-20/h2-9,16,18H,10-15H2,1H3/t16-/m0/s1. The van der Waals surface area contributed by atoms with Gasteiger partial charge in [-0.05, 0) is 62.1 Å². The number of carbonyl (C=O) groups excluding carboxylic acids is 2. The summed E-state index contributed by atoms with van der Waals surface area (Å²) < 4.78 is 32.5. The number of rotatable bonds is 5. The van der Waals surface area contributed by atoms with E-state index in [0.717, 1.165) is 17.7 Å². The van der Waals surface area contributed by atoms with E-state index < -0.39 is 28.0 Å². The third-order valence-corrected chi connectivity index (χ3v) is 8.20. The second-order valence-electron chi connectivity index (χ2n) is 8.08. The molecular formula is C23H25ClN2O5S. The Morgan fingerprint density at radius 3 is 2.38 bits per heavy atom. The number of para-hydroxylation sites is 1. The van der Waals surface area contributed by atoms with E-state index in [1.54, 1.807) is 11.8 Å². The topological polar surface area (TPSA) is 84.0 Å². The molecule has 7 nitrogen and oxygen atoms in total. The first kappa shape index (κ1) is 22.8. The summed E-state index contributed by atoms with van der Waals surface area (Å²) >= 11 is 5.84. The summed E-state index contributed by atoms with van der Waals surface area (Å²) in [5.74, 6) is -1.14. The maximum absolute atomic E-state index is 12.8. The van der Waals surface area contributed by atoms with Crippen LogP contribution in [0.4, 0.5) is 5.69 Å². The van der Waals surface area contributed by atoms with Crippen molar-refractivity contribution < 1.29 is 22.7 Å². The van der Waals surface area contributed by atoms with Crippen molar-refractivity contribution in [3.05, 3.63) is 59.1 Å². The lowest BCUT2D eigenvalue weighted by Gasteiger charge is -2.31. The van der Waals surface area contributed by atoms with Gasteiger partial charge in [-0.2, -0.15) is 4.31 Å². The zero-order chi connectivity index (χ0) is 22.9. The molecule has 2 aromatic carbocycles. The van der Waals surface area contributed by atoms with Gasteiger partial charge in [0.1, 0.15) is 0 Å². The Morgan fingerprint density at radius 1 is 1.03 bits per heavy atom. The highest BCUT2D eigenvalue weighted by Crippen LogP contribution is 2.29. The Kier molecular flexibility index (Phi) is 6.55. The summed E-state index contributed by atoms with van der Waals surface area (Å²) in [5, 5.41) is 0.464. The molecule has 2 aromatic rings. The summed E-state index contributed by atoms with van der Waals surface area (Å²) in [7, 11) is -3.64. The van der Waals surface area contributed by atoms with E-state index in [2.05, 4.69) is 0 Å². The lowest BCUT2D eigenvalue weighted by molar-refractivity contribution is -0.159. The highest BCUT2D eigenvalue weighted by molar-refractivity contribution is 7.89. The fourth-order valence-electron chi connectivity index (χ4n) is 4.19. The highest BCUT2D eigenvalue weighted by Gasteiger charge is 2.35. The second kappa shape index (κ2) is 9.21. The summed E-state index contributed by atoms with van der Waals surface area (Å²) in [4.78, 5) is 27.3. The van der Waals surface area contributed by atoms with Crippen molar-refractivity contribution in [1.82, 2.24) is 4.31 Å². The first-order valence-corrected chi connectivity index (χ1v) is 12.4. The third kappa shape index (κ3) is 4.53. The summed E-state index contributed by atoms with van der Waals surface area (Å²) in [6, 6.07) is 13.7. The van der Waals surface area contributed by atoms with Gasteiger partial charge in [0.2, 0.25) is 10.0 Å². The Labute approximate surface area is 193 Å². The largest absolute Gasteiger partial charge is 0.452 e. The van der Waals surface area contributed by atoms with Crippen LogP contribution in [0.5, 0.6) is 0 Å². The van der Waals surface area contributed by atoms with Gasteiger partial charge in [0.15, 0.2) is 6.10 Å². The number of carbonyl (C=O) groups is 2. The molecule has 2 heterocycles. The molecule has 0 unspecified atom stereocenters. The van der Waals surface area contributed by atoms with Crippen LogP contribution in [0.15, 0.2) is 53.4 Å². The van der Waals surface area contributed by atoms with Crippen molar-refractivity contribution in [2.24, 2.45) is 5.92 Å². The van der Waals surface area contributed by atoms with E-state index >= 15 is 0 Å². The average Bonchev–Trinajstić information content (AvgIpc) is 3.23. The van der Waals surface area contributed by atoms with Gasteiger partial charge >= 0.3 is 5.97 Å². The van der Waals surface area contributed by atoms with Crippen LogP contribution in [0.2, 0.25) is 5.02 Å². The van der Waals surface area contributed by atoms with Crippen LogP contribution < -0.4 is 4.90 Å². The summed E-state index contributed by atoms with van der Waals surface area (Å²) in [6.07, 6.45) is 0.575. The van der Waals surface area contributed by atoms with Gasteiger partial charge in [-0.15, -0.1) is 0 Å². The highest BCUT2D eigenvalue weighted by atomic mass is 35.5. The van der Waals surface area contributed by atoms with Crippen LogP contribution in [0, 0.1) is 5.92 Å². The fourth-order valence-corrected chi connectivity index (χ4v) is 5.79. The van der Waals surface area contributed by atoms with E-state index in [4.69, 9.17) is 16.3 Å². The number of ether oxygens (including phenoxy) is 1. The number of piperidine rings is 1. The van der Waals surface area contributed by atoms with Gasteiger partial charge in [0.05, 0.1) is 10.8 Å². The minimum atomic E-state index is -3.64. The number of amides is 1. The fraction of sp³-hybridized carbons (Fsp3) is 0.391. The Bertz CT molecular complexity index is 1110. The molecule has 0 spiro atoms. The van der Waals surface area contributed by atoms with E-state index in [1.807, 2.05) is 24.3 Å². The lowest BCUT2D eigenvalue weighted by atomic mass is 9.98. The molecule has 0 aliphatic carbocycles. The SMILES string of the molecule is C[C@H](OC(=O)C1CCN(S(=O)(=O)c2ccc(Cl)cc2)CC1)C(=O)N1CCc2ccccc21. The molecule has 4 rings (SSSR count). The normalized spacial score (nSPS) is 18.2. The molecule has 0 N–H and O–H groups in total. The van der Waals surface area contributed by atoms with Crippen molar-refractivity contribution in [3.63, 3.8) is 0 Å². The minimum absolute atomic E-state index is 0.174. The third-order valence-electron chi connectivity index (χ3n) is 6.03. The molecule has 32 heavy (non-hydrogen) atoms. The van der Waals surface area contributed by atoms with Gasteiger partial charge < -0.3 is 9.64 Å². The minimum Gasteiger partial charge on any atom is -0.452 e. The summed E-state index contributed by atoms with van der Waals surface area (Å²) in [6.45, 7) is 2.58. The molecule has 1 amide bonds. The van der Waals surface area contributed by atoms with E-state index in [0.29, 0.717) is 24.4 Å². The van der Waals surface area contributed by atoms with Crippen LogP contribution in [0.3, 0.4) is 0 Å². The van der Waals surface area contributed by atoms with Crippen LogP contribution in [0.1, 0.15) is 25.3 Å². The van der Waals surface area contributed by atoms with Crippen LogP contribution in [-0.2, 0) is 30.8 Å². The van der Waals surface area contributed by atoms with Crippen LogP contribution >= 0.6 is 11.6 Å². The van der Waals surface area contributed by atoms with Crippen molar-refractivity contribution in [2.45, 2.75) is 37.2 Å². The molecule has 0 bridgehead atoms. The lowest BCUT2D eigenvalue weighted by Crippen LogP contribution is -2.43. The monoisotopic (exact) mass is 476 g/mol. The first-order chi connectivity index (χ1) is 15.3. The van der Waals surface area contributed by atoms with E-state index in [-0.39, 0.29) is 23.9 Å².